The zero-order valence-corrected chi connectivity index (χ0v) is 12.7. The van der Waals surface area contributed by atoms with Crippen LogP contribution in [0.25, 0.3) is 0 Å². The van der Waals surface area contributed by atoms with Gasteiger partial charge in [-0.25, -0.2) is 4.98 Å². The molecule has 18 heavy (non-hydrogen) atoms. The van der Waals surface area contributed by atoms with Crippen molar-refractivity contribution in [3.8, 4) is 11.8 Å². The summed E-state index contributed by atoms with van der Waals surface area (Å²) < 4.78 is 0. The van der Waals surface area contributed by atoms with Crippen molar-refractivity contribution in [2.45, 2.75) is 46.6 Å². The Labute approximate surface area is 113 Å². The molecule has 1 rings (SSSR count). The Bertz CT molecular complexity index is 494. The Morgan fingerprint density at radius 2 is 2.00 bits per heavy atom. The van der Waals surface area contributed by atoms with Crippen molar-refractivity contribution in [1.82, 2.24) is 9.88 Å². The van der Waals surface area contributed by atoms with Crippen LogP contribution < -0.4 is 0 Å². The second kappa shape index (κ2) is 6.01. The second-order valence-corrected chi connectivity index (χ2v) is 5.69. The third kappa shape index (κ3) is 3.11. The molecule has 0 spiro atoms. The summed E-state index contributed by atoms with van der Waals surface area (Å²) in [6.45, 7) is 9.94. The number of amides is 1. The fourth-order valence-corrected chi connectivity index (χ4v) is 2.78. The third-order valence-electron chi connectivity index (χ3n) is 2.86. The van der Waals surface area contributed by atoms with Crippen LogP contribution in [0.15, 0.2) is 0 Å². The van der Waals surface area contributed by atoms with Crippen molar-refractivity contribution in [2.75, 3.05) is 7.05 Å². The Kier molecular flexibility index (Phi) is 4.92. The van der Waals surface area contributed by atoms with Gasteiger partial charge in [0.25, 0.3) is 5.91 Å². The maximum atomic E-state index is 11.7. The number of aromatic nitrogens is 1. The first-order chi connectivity index (χ1) is 8.38. The lowest BCUT2D eigenvalue weighted by Crippen LogP contribution is -2.28. The first-order valence-electron chi connectivity index (χ1n) is 6.05. The molecule has 0 N–H and O–H groups in total. The highest BCUT2D eigenvalue weighted by Crippen LogP contribution is 2.31. The Morgan fingerprint density at radius 1 is 1.39 bits per heavy atom. The average Bonchev–Trinajstić information content (AvgIpc) is 2.70. The summed E-state index contributed by atoms with van der Waals surface area (Å²) >= 11 is 1.69. The van der Waals surface area contributed by atoms with Crippen LogP contribution >= 0.6 is 11.3 Å². The number of carbonyl (C=O) groups excluding carboxylic acids is 1. The molecule has 98 valence electrons. The van der Waals surface area contributed by atoms with Gasteiger partial charge in [-0.1, -0.05) is 19.8 Å². The number of hydrogen-bond donors (Lipinski definition) is 0. The number of hydrogen-bond acceptors (Lipinski definition) is 3. The molecule has 1 unspecified atom stereocenters. The molecule has 1 amide bonds. The van der Waals surface area contributed by atoms with Gasteiger partial charge >= 0.3 is 0 Å². The molecule has 0 fully saturated rings. The van der Waals surface area contributed by atoms with Crippen molar-refractivity contribution in [3.63, 3.8) is 0 Å². The van der Waals surface area contributed by atoms with Crippen LogP contribution in [0.4, 0.5) is 0 Å². The third-order valence-corrected chi connectivity index (χ3v) is 4.48. The molecule has 0 aliphatic carbocycles. The predicted octanol–water partition coefficient (Wildman–Crippen LogP) is 3.12. The van der Waals surface area contributed by atoms with E-state index < -0.39 is 0 Å². The predicted molar refractivity (Wildman–Crippen MR) is 75.6 cm³/mol. The van der Waals surface area contributed by atoms with Gasteiger partial charge in [-0.05, 0) is 26.7 Å². The minimum absolute atomic E-state index is 0.0170. The maximum Gasteiger partial charge on any atom is 0.298 e. The lowest BCUT2D eigenvalue weighted by atomic mass is 10.2. The molecule has 3 nitrogen and oxygen atoms in total. The van der Waals surface area contributed by atoms with Crippen LogP contribution in [0.3, 0.4) is 0 Å². The van der Waals surface area contributed by atoms with Crippen LogP contribution in [0.2, 0.25) is 0 Å². The van der Waals surface area contributed by atoms with Gasteiger partial charge in [0.2, 0.25) is 0 Å². The van der Waals surface area contributed by atoms with E-state index >= 15 is 0 Å². The molecule has 1 atom stereocenters. The molecule has 4 heteroatoms. The molecule has 0 aliphatic heterocycles. The number of thiazole rings is 1. The van der Waals surface area contributed by atoms with Gasteiger partial charge < -0.3 is 4.90 Å². The van der Waals surface area contributed by atoms with Crippen LogP contribution in [-0.4, -0.2) is 22.8 Å². The quantitative estimate of drug-likeness (QED) is 0.786. The fourth-order valence-electron chi connectivity index (χ4n) is 1.61. The second-order valence-electron chi connectivity index (χ2n) is 4.62. The topological polar surface area (TPSA) is 33.2 Å². The molecule has 0 radical (unpaired) electrons. The zero-order chi connectivity index (χ0) is 13.9. The first-order valence-corrected chi connectivity index (χ1v) is 6.86. The van der Waals surface area contributed by atoms with Crippen LogP contribution in [0.1, 0.15) is 55.2 Å². The standard InChI is InChI=1S/C14H20N2OS/c1-7-8-12(17)16(6)11(5)13-10(4)15-14(18-13)9(2)3/h9,11H,1-6H3. The summed E-state index contributed by atoms with van der Waals surface area (Å²) in [5, 5.41) is 1.12. The highest BCUT2D eigenvalue weighted by Gasteiger charge is 2.21. The largest absolute Gasteiger partial charge is 0.327 e. The summed E-state index contributed by atoms with van der Waals surface area (Å²) in [5.41, 5.74) is 1.01. The van der Waals surface area contributed by atoms with Crippen molar-refractivity contribution in [3.05, 3.63) is 15.6 Å². The molecule has 1 heterocycles. The van der Waals surface area contributed by atoms with E-state index in [1.807, 2.05) is 13.8 Å². The molecule has 1 aromatic rings. The van der Waals surface area contributed by atoms with Crippen LogP contribution in [0, 0.1) is 18.8 Å². The minimum Gasteiger partial charge on any atom is -0.327 e. The molecule has 0 saturated carbocycles. The van der Waals surface area contributed by atoms with Gasteiger partial charge in [0.05, 0.1) is 16.7 Å². The molecule has 1 aromatic heterocycles. The van der Waals surface area contributed by atoms with Gasteiger partial charge in [-0.3, -0.25) is 4.79 Å². The summed E-state index contributed by atoms with van der Waals surface area (Å²) in [4.78, 5) is 19.1. The minimum atomic E-state index is -0.149. The van der Waals surface area contributed by atoms with Gasteiger partial charge in [-0.15, -0.1) is 11.3 Å². The Balaban J connectivity index is 2.98. The smallest absolute Gasteiger partial charge is 0.298 e. The SMILES string of the molecule is CC#CC(=O)N(C)C(C)c1sc(C(C)C)nc1C. The van der Waals surface area contributed by atoms with E-state index in [0.717, 1.165) is 15.6 Å². The fraction of sp³-hybridized carbons (Fsp3) is 0.571. The monoisotopic (exact) mass is 264 g/mol. The van der Waals surface area contributed by atoms with E-state index in [-0.39, 0.29) is 11.9 Å². The van der Waals surface area contributed by atoms with E-state index in [1.54, 1.807) is 30.2 Å². The van der Waals surface area contributed by atoms with Crippen molar-refractivity contribution in [1.29, 1.82) is 0 Å². The van der Waals surface area contributed by atoms with Gasteiger partial charge in [0.15, 0.2) is 0 Å². The van der Waals surface area contributed by atoms with Crippen molar-refractivity contribution < 1.29 is 4.79 Å². The number of nitrogens with zero attached hydrogens (tertiary/aromatic N) is 2. The normalized spacial score (nSPS) is 11.9. The van der Waals surface area contributed by atoms with Crippen LogP contribution in [0.5, 0.6) is 0 Å². The van der Waals surface area contributed by atoms with Crippen LogP contribution in [-0.2, 0) is 4.79 Å². The number of rotatable bonds is 3. The molecule has 0 aliphatic rings. The van der Waals surface area contributed by atoms with E-state index in [9.17, 15) is 4.79 Å². The van der Waals surface area contributed by atoms with E-state index in [2.05, 4.69) is 30.7 Å². The Hall–Kier alpha value is -1.34. The van der Waals surface area contributed by atoms with E-state index in [4.69, 9.17) is 0 Å². The highest BCUT2D eigenvalue weighted by molar-refractivity contribution is 7.11. The average molecular weight is 264 g/mol. The van der Waals surface area contributed by atoms with Gasteiger partial charge in [-0.2, -0.15) is 0 Å². The number of carbonyl (C=O) groups is 1. The van der Waals surface area contributed by atoms with E-state index in [1.165, 1.54) is 0 Å². The summed E-state index contributed by atoms with van der Waals surface area (Å²) in [5.74, 6) is 5.48. The summed E-state index contributed by atoms with van der Waals surface area (Å²) in [6, 6.07) is 0.0170. The van der Waals surface area contributed by atoms with Gasteiger partial charge in [0, 0.05) is 17.8 Å². The highest BCUT2D eigenvalue weighted by atomic mass is 32.1. The first kappa shape index (κ1) is 14.7. The zero-order valence-electron chi connectivity index (χ0n) is 11.9. The lowest BCUT2D eigenvalue weighted by Gasteiger charge is -2.22. The lowest BCUT2D eigenvalue weighted by molar-refractivity contribution is -0.125. The molecule has 0 aromatic carbocycles. The Morgan fingerprint density at radius 3 is 2.44 bits per heavy atom. The molecule has 0 saturated heterocycles. The summed E-state index contributed by atoms with van der Waals surface area (Å²) in [6.07, 6.45) is 0. The van der Waals surface area contributed by atoms with Gasteiger partial charge in [0.1, 0.15) is 0 Å². The van der Waals surface area contributed by atoms with E-state index in [0.29, 0.717) is 5.92 Å². The van der Waals surface area contributed by atoms with Crippen molar-refractivity contribution >= 4 is 17.2 Å². The number of aryl methyl sites for hydroxylation is 1. The molecule has 0 bridgehead atoms. The van der Waals surface area contributed by atoms with Crippen molar-refractivity contribution in [2.24, 2.45) is 0 Å². The maximum absolute atomic E-state index is 11.7. The molecular weight excluding hydrogens is 244 g/mol. The molecular formula is C14H20N2OS. The summed E-state index contributed by atoms with van der Waals surface area (Å²) in [7, 11) is 1.78.